The molecule has 0 heterocycles. The van der Waals surface area contributed by atoms with Gasteiger partial charge in [0.2, 0.25) is 0 Å². The van der Waals surface area contributed by atoms with Crippen molar-refractivity contribution < 1.29 is 14.2 Å². The number of halogens is 1. The summed E-state index contributed by atoms with van der Waals surface area (Å²) in [6.07, 6.45) is 0.881. The summed E-state index contributed by atoms with van der Waals surface area (Å²) in [5, 5.41) is 6.59. The molecule has 0 radical (unpaired) electrons. The van der Waals surface area contributed by atoms with Crippen LogP contribution in [0.2, 0.25) is 0 Å². The fourth-order valence-electron chi connectivity index (χ4n) is 2.49. The van der Waals surface area contributed by atoms with E-state index < -0.39 is 0 Å². The number of para-hydroxylation sites is 1. The SMILES string of the molecule is CCOc1ccc(CNC(=NC)NCCCOc2ccccc2)cc1OC.I. The second-order valence-electron chi connectivity index (χ2n) is 5.79. The first kappa shape index (κ1) is 23.9. The maximum absolute atomic E-state index is 5.68. The molecule has 2 rings (SSSR count). The van der Waals surface area contributed by atoms with Crippen molar-refractivity contribution in [1.82, 2.24) is 10.6 Å². The van der Waals surface area contributed by atoms with E-state index in [1.54, 1.807) is 14.2 Å². The molecule has 0 saturated heterocycles. The van der Waals surface area contributed by atoms with Crippen molar-refractivity contribution >= 4 is 29.9 Å². The van der Waals surface area contributed by atoms with Crippen LogP contribution in [0.3, 0.4) is 0 Å². The summed E-state index contributed by atoms with van der Waals surface area (Å²) < 4.78 is 16.6. The third-order valence-electron chi connectivity index (χ3n) is 3.84. The molecule has 0 aromatic heterocycles. The molecule has 2 aromatic carbocycles. The average Bonchev–Trinajstić information content (AvgIpc) is 2.71. The van der Waals surface area contributed by atoms with Crippen LogP contribution in [0.4, 0.5) is 0 Å². The van der Waals surface area contributed by atoms with Gasteiger partial charge in [0.25, 0.3) is 0 Å². The summed E-state index contributed by atoms with van der Waals surface area (Å²) in [5.41, 5.74) is 1.09. The highest BCUT2D eigenvalue weighted by Gasteiger charge is 2.06. The van der Waals surface area contributed by atoms with Crippen LogP contribution in [0.1, 0.15) is 18.9 Å². The molecule has 0 bridgehead atoms. The Morgan fingerprint density at radius 2 is 1.79 bits per heavy atom. The van der Waals surface area contributed by atoms with Crippen LogP contribution < -0.4 is 24.8 Å². The molecule has 2 aromatic rings. The standard InChI is InChI=1S/C21H29N3O3.HI/c1-4-26-19-12-11-17(15-20(19)25-3)16-24-21(22-2)23-13-8-14-27-18-9-6-5-7-10-18;/h5-7,9-12,15H,4,8,13-14,16H2,1-3H3,(H2,22,23,24);1H. The number of hydrogen-bond donors (Lipinski definition) is 2. The lowest BCUT2D eigenvalue weighted by Gasteiger charge is -2.14. The van der Waals surface area contributed by atoms with Crippen molar-refractivity contribution in [3.8, 4) is 17.2 Å². The van der Waals surface area contributed by atoms with Gasteiger partial charge in [0, 0.05) is 20.1 Å². The predicted octanol–water partition coefficient (Wildman–Crippen LogP) is 3.85. The van der Waals surface area contributed by atoms with Gasteiger partial charge in [-0.05, 0) is 43.2 Å². The molecule has 0 aliphatic heterocycles. The molecule has 28 heavy (non-hydrogen) atoms. The fraction of sp³-hybridized carbons (Fsp3) is 0.381. The van der Waals surface area contributed by atoms with Crippen LogP contribution in [-0.4, -0.2) is 39.9 Å². The van der Waals surface area contributed by atoms with Gasteiger partial charge >= 0.3 is 0 Å². The Morgan fingerprint density at radius 1 is 1.00 bits per heavy atom. The van der Waals surface area contributed by atoms with E-state index in [0.29, 0.717) is 19.8 Å². The smallest absolute Gasteiger partial charge is 0.191 e. The number of methoxy groups -OCH3 is 1. The summed E-state index contributed by atoms with van der Waals surface area (Å²) in [7, 11) is 3.40. The Hall–Kier alpha value is -2.16. The lowest BCUT2D eigenvalue weighted by Crippen LogP contribution is -2.37. The van der Waals surface area contributed by atoms with Gasteiger partial charge in [-0.15, -0.1) is 24.0 Å². The van der Waals surface area contributed by atoms with E-state index in [4.69, 9.17) is 14.2 Å². The van der Waals surface area contributed by atoms with Crippen molar-refractivity contribution in [2.45, 2.75) is 19.9 Å². The molecule has 6 nitrogen and oxygen atoms in total. The van der Waals surface area contributed by atoms with Crippen LogP contribution in [0, 0.1) is 0 Å². The zero-order chi connectivity index (χ0) is 19.3. The molecule has 7 heteroatoms. The van der Waals surface area contributed by atoms with E-state index >= 15 is 0 Å². The summed E-state index contributed by atoms with van der Waals surface area (Å²) in [6.45, 7) is 4.64. The first-order chi connectivity index (χ1) is 13.3. The number of nitrogens with one attached hydrogen (secondary N) is 2. The Bertz CT molecular complexity index is 711. The van der Waals surface area contributed by atoms with Gasteiger partial charge in [0.05, 0.1) is 20.3 Å². The number of aliphatic imine (C=N–C) groups is 1. The van der Waals surface area contributed by atoms with Gasteiger partial charge in [-0.25, -0.2) is 0 Å². The van der Waals surface area contributed by atoms with Crippen molar-refractivity contribution in [2.24, 2.45) is 4.99 Å². The molecule has 0 aliphatic carbocycles. The average molecular weight is 499 g/mol. The first-order valence-corrected chi connectivity index (χ1v) is 9.19. The zero-order valence-electron chi connectivity index (χ0n) is 16.7. The normalized spacial score (nSPS) is 10.6. The minimum absolute atomic E-state index is 0. The molecule has 0 fully saturated rings. The number of guanidine groups is 1. The Balaban J connectivity index is 0.00000392. The lowest BCUT2D eigenvalue weighted by atomic mass is 10.2. The zero-order valence-corrected chi connectivity index (χ0v) is 19.1. The first-order valence-electron chi connectivity index (χ1n) is 9.19. The Kier molecular flexibility index (Phi) is 11.9. The largest absolute Gasteiger partial charge is 0.494 e. The maximum Gasteiger partial charge on any atom is 0.191 e. The van der Waals surface area contributed by atoms with E-state index in [1.807, 2.05) is 55.5 Å². The number of nitrogens with zero attached hydrogens (tertiary/aromatic N) is 1. The lowest BCUT2D eigenvalue weighted by molar-refractivity contribution is 0.310. The van der Waals surface area contributed by atoms with Crippen molar-refractivity contribution in [2.75, 3.05) is 33.9 Å². The monoisotopic (exact) mass is 499 g/mol. The predicted molar refractivity (Wildman–Crippen MR) is 124 cm³/mol. The highest BCUT2D eigenvalue weighted by Crippen LogP contribution is 2.27. The summed E-state index contributed by atoms with van der Waals surface area (Å²) >= 11 is 0. The van der Waals surface area contributed by atoms with Gasteiger partial charge in [-0.2, -0.15) is 0 Å². The molecule has 0 unspecified atom stereocenters. The summed E-state index contributed by atoms with van der Waals surface area (Å²) in [4.78, 5) is 4.25. The molecule has 0 atom stereocenters. The topological polar surface area (TPSA) is 64.1 Å². The number of hydrogen-bond acceptors (Lipinski definition) is 4. The number of rotatable bonds is 10. The molecule has 154 valence electrons. The third kappa shape index (κ3) is 8.24. The van der Waals surface area contributed by atoms with Crippen LogP contribution in [0.15, 0.2) is 53.5 Å². The molecule has 2 N–H and O–H groups in total. The van der Waals surface area contributed by atoms with E-state index in [0.717, 1.165) is 41.7 Å². The highest BCUT2D eigenvalue weighted by molar-refractivity contribution is 14.0. The van der Waals surface area contributed by atoms with E-state index in [9.17, 15) is 0 Å². The Morgan fingerprint density at radius 3 is 2.46 bits per heavy atom. The number of benzene rings is 2. The van der Waals surface area contributed by atoms with Gasteiger partial charge in [0.1, 0.15) is 5.75 Å². The molecular formula is C21H30IN3O3. The van der Waals surface area contributed by atoms with Gasteiger partial charge in [0.15, 0.2) is 17.5 Å². The van der Waals surface area contributed by atoms with Crippen LogP contribution in [0.25, 0.3) is 0 Å². The molecule has 0 amide bonds. The summed E-state index contributed by atoms with van der Waals surface area (Å²) in [5.74, 6) is 3.13. The minimum atomic E-state index is 0. The van der Waals surface area contributed by atoms with Gasteiger partial charge in [-0.3, -0.25) is 4.99 Å². The minimum Gasteiger partial charge on any atom is -0.494 e. The van der Waals surface area contributed by atoms with Crippen molar-refractivity contribution in [3.05, 3.63) is 54.1 Å². The maximum atomic E-state index is 5.68. The molecular weight excluding hydrogens is 469 g/mol. The van der Waals surface area contributed by atoms with E-state index in [-0.39, 0.29) is 24.0 Å². The van der Waals surface area contributed by atoms with Crippen LogP contribution >= 0.6 is 24.0 Å². The van der Waals surface area contributed by atoms with Gasteiger partial charge in [-0.1, -0.05) is 24.3 Å². The second kappa shape index (κ2) is 13.9. The Labute approximate surface area is 184 Å². The van der Waals surface area contributed by atoms with Crippen molar-refractivity contribution in [1.29, 1.82) is 0 Å². The molecule has 0 aliphatic rings. The highest BCUT2D eigenvalue weighted by atomic mass is 127. The third-order valence-corrected chi connectivity index (χ3v) is 3.84. The molecule has 0 saturated carbocycles. The van der Waals surface area contributed by atoms with Crippen LogP contribution in [0.5, 0.6) is 17.2 Å². The van der Waals surface area contributed by atoms with E-state index in [1.165, 1.54) is 0 Å². The van der Waals surface area contributed by atoms with Crippen molar-refractivity contribution in [3.63, 3.8) is 0 Å². The summed E-state index contributed by atoms with van der Waals surface area (Å²) in [6, 6.07) is 15.7. The quantitative estimate of drug-likeness (QED) is 0.225. The van der Waals surface area contributed by atoms with E-state index in [2.05, 4.69) is 15.6 Å². The second-order valence-corrected chi connectivity index (χ2v) is 5.79. The van der Waals surface area contributed by atoms with Gasteiger partial charge < -0.3 is 24.8 Å². The number of ether oxygens (including phenoxy) is 3. The van der Waals surface area contributed by atoms with Crippen LogP contribution in [-0.2, 0) is 6.54 Å². The molecule has 0 spiro atoms. The fourth-order valence-corrected chi connectivity index (χ4v) is 2.49.